The first kappa shape index (κ1) is 18.5. The summed E-state index contributed by atoms with van der Waals surface area (Å²) in [5.74, 6) is -0.128. The Morgan fingerprint density at radius 2 is 1.67 bits per heavy atom. The second-order valence-electron chi connectivity index (χ2n) is 5.87. The minimum Gasteiger partial charge on any atom is -0.497 e. The van der Waals surface area contributed by atoms with Crippen LogP contribution in [0.4, 0.5) is 0 Å². The van der Waals surface area contributed by atoms with E-state index in [9.17, 15) is 9.59 Å². The number of hydrogen-bond acceptors (Lipinski definition) is 4. The van der Waals surface area contributed by atoms with E-state index in [2.05, 4.69) is 11.9 Å². The Kier molecular flexibility index (Phi) is 5.47. The molecule has 1 saturated heterocycles. The normalized spacial score (nSPS) is 15.7. The topological polar surface area (TPSA) is 58.6 Å². The Balaban J connectivity index is 1.85. The number of thiocarbonyl (C=S) groups is 1. The highest BCUT2D eigenvalue weighted by Crippen LogP contribution is 2.23. The van der Waals surface area contributed by atoms with Crippen LogP contribution >= 0.6 is 12.2 Å². The summed E-state index contributed by atoms with van der Waals surface area (Å²) < 4.78 is 5.17. The average Bonchev–Trinajstić information content (AvgIpc) is 2.69. The van der Waals surface area contributed by atoms with E-state index >= 15 is 0 Å². The highest BCUT2D eigenvalue weighted by molar-refractivity contribution is 7.80. The second-order valence-corrected chi connectivity index (χ2v) is 6.26. The molecule has 0 radical (unpaired) electrons. The summed E-state index contributed by atoms with van der Waals surface area (Å²) in [5, 5.41) is 2.63. The number of nitrogens with zero attached hydrogens (tertiary/aromatic N) is 1. The summed E-state index contributed by atoms with van der Waals surface area (Å²) >= 11 is 5.04. The molecule has 6 heteroatoms. The monoisotopic (exact) mass is 378 g/mol. The molecule has 0 spiro atoms. The van der Waals surface area contributed by atoms with Gasteiger partial charge >= 0.3 is 0 Å². The number of nitrogens with one attached hydrogen (secondary N) is 1. The molecule has 1 heterocycles. The van der Waals surface area contributed by atoms with Crippen molar-refractivity contribution in [2.24, 2.45) is 0 Å². The van der Waals surface area contributed by atoms with Crippen molar-refractivity contribution in [2.45, 2.75) is 0 Å². The summed E-state index contributed by atoms with van der Waals surface area (Å²) in [4.78, 5) is 26.0. The molecule has 2 aromatic rings. The largest absolute Gasteiger partial charge is 0.497 e. The van der Waals surface area contributed by atoms with Gasteiger partial charge in [0, 0.05) is 6.54 Å². The maximum absolute atomic E-state index is 12.5. The van der Waals surface area contributed by atoms with Gasteiger partial charge in [0.15, 0.2) is 5.11 Å². The van der Waals surface area contributed by atoms with E-state index in [0.29, 0.717) is 0 Å². The Hall–Kier alpha value is -3.25. The zero-order valence-corrected chi connectivity index (χ0v) is 15.6. The van der Waals surface area contributed by atoms with Gasteiger partial charge in [0.1, 0.15) is 11.3 Å². The fourth-order valence-electron chi connectivity index (χ4n) is 2.71. The van der Waals surface area contributed by atoms with Gasteiger partial charge < -0.3 is 4.74 Å². The van der Waals surface area contributed by atoms with Crippen LogP contribution in [0, 0.1) is 0 Å². The number of benzene rings is 2. The van der Waals surface area contributed by atoms with E-state index in [0.717, 1.165) is 22.4 Å². The third-order valence-electron chi connectivity index (χ3n) is 4.14. The zero-order chi connectivity index (χ0) is 19.4. The lowest BCUT2D eigenvalue weighted by atomic mass is 10.0. The molecule has 1 N–H and O–H groups in total. The standard InChI is InChI=1S/C21H18N2O3S/c1-3-12-23-20(25)18(19(24)22-21(23)27)13-14-4-6-15(7-5-14)16-8-10-17(26-2)11-9-16/h3-11,13H,1,12H2,2H3,(H,22,24,27)/b18-13+. The van der Waals surface area contributed by atoms with Crippen LogP contribution in [0.25, 0.3) is 17.2 Å². The Morgan fingerprint density at radius 3 is 2.22 bits per heavy atom. The van der Waals surface area contributed by atoms with Gasteiger partial charge in [-0.2, -0.15) is 0 Å². The third-order valence-corrected chi connectivity index (χ3v) is 4.46. The third kappa shape index (κ3) is 3.96. The van der Waals surface area contributed by atoms with Gasteiger partial charge in [0.2, 0.25) is 0 Å². The molecule has 3 rings (SSSR count). The lowest BCUT2D eigenvalue weighted by molar-refractivity contribution is -0.128. The van der Waals surface area contributed by atoms with Crippen LogP contribution in [-0.2, 0) is 9.59 Å². The number of rotatable bonds is 5. The maximum atomic E-state index is 12.5. The van der Waals surface area contributed by atoms with Crippen molar-refractivity contribution in [1.29, 1.82) is 0 Å². The van der Waals surface area contributed by atoms with Crippen molar-refractivity contribution < 1.29 is 14.3 Å². The van der Waals surface area contributed by atoms with Gasteiger partial charge in [0.05, 0.1) is 7.11 Å². The summed E-state index contributed by atoms with van der Waals surface area (Å²) in [6.07, 6.45) is 3.12. The molecule has 0 unspecified atom stereocenters. The number of hydrogen-bond donors (Lipinski definition) is 1. The average molecular weight is 378 g/mol. The summed E-state index contributed by atoms with van der Waals surface area (Å²) in [5.41, 5.74) is 2.86. The molecule has 0 saturated carbocycles. The van der Waals surface area contributed by atoms with Crippen molar-refractivity contribution in [2.75, 3.05) is 13.7 Å². The predicted molar refractivity (Wildman–Crippen MR) is 109 cm³/mol. The molecule has 0 aromatic heterocycles. The summed E-state index contributed by atoms with van der Waals surface area (Å²) in [6, 6.07) is 15.3. The molecule has 2 aromatic carbocycles. The Labute approximate surface area is 162 Å². The SMILES string of the molecule is C=CCN1C(=O)/C(=C/c2ccc(-c3ccc(OC)cc3)cc2)C(=O)NC1=S. The van der Waals surface area contributed by atoms with Gasteiger partial charge in [-0.1, -0.05) is 42.5 Å². The van der Waals surface area contributed by atoms with E-state index in [-0.39, 0.29) is 17.2 Å². The van der Waals surface area contributed by atoms with Gasteiger partial charge in [0.25, 0.3) is 11.8 Å². The molecule has 1 aliphatic heterocycles. The lowest BCUT2D eigenvalue weighted by Gasteiger charge is -2.27. The Morgan fingerprint density at radius 1 is 1.07 bits per heavy atom. The number of carbonyl (C=O) groups is 2. The zero-order valence-electron chi connectivity index (χ0n) is 14.8. The van der Waals surface area contributed by atoms with Crippen LogP contribution in [0.2, 0.25) is 0 Å². The van der Waals surface area contributed by atoms with E-state index in [4.69, 9.17) is 17.0 Å². The van der Waals surface area contributed by atoms with Gasteiger partial charge in [-0.15, -0.1) is 6.58 Å². The van der Waals surface area contributed by atoms with Crippen LogP contribution in [0.3, 0.4) is 0 Å². The predicted octanol–water partition coefficient (Wildman–Crippen LogP) is 3.17. The molecular weight excluding hydrogens is 360 g/mol. The van der Waals surface area contributed by atoms with Crippen LogP contribution in [0.5, 0.6) is 5.75 Å². The van der Waals surface area contributed by atoms with Crippen LogP contribution < -0.4 is 10.1 Å². The van der Waals surface area contributed by atoms with Crippen molar-refractivity contribution in [3.05, 3.63) is 72.3 Å². The molecule has 27 heavy (non-hydrogen) atoms. The van der Waals surface area contributed by atoms with Crippen LogP contribution in [-0.4, -0.2) is 35.5 Å². The lowest BCUT2D eigenvalue weighted by Crippen LogP contribution is -2.53. The molecule has 1 aliphatic rings. The molecular formula is C21H18N2O3S. The fourth-order valence-corrected chi connectivity index (χ4v) is 2.96. The highest BCUT2D eigenvalue weighted by Gasteiger charge is 2.32. The number of carbonyl (C=O) groups excluding carboxylic acids is 2. The first-order chi connectivity index (χ1) is 13.0. The molecule has 2 amide bonds. The van der Waals surface area contributed by atoms with Crippen LogP contribution in [0.1, 0.15) is 5.56 Å². The van der Waals surface area contributed by atoms with Crippen molar-refractivity contribution in [3.63, 3.8) is 0 Å². The molecule has 0 atom stereocenters. The molecule has 136 valence electrons. The minimum atomic E-state index is -0.496. The number of amides is 2. The molecule has 1 fully saturated rings. The van der Waals surface area contributed by atoms with E-state index in [1.54, 1.807) is 19.3 Å². The fraction of sp³-hybridized carbons (Fsp3) is 0.0952. The Bertz CT molecular complexity index is 931. The quantitative estimate of drug-likeness (QED) is 0.376. The van der Waals surface area contributed by atoms with E-state index < -0.39 is 11.8 Å². The van der Waals surface area contributed by atoms with E-state index in [1.165, 1.54) is 4.90 Å². The van der Waals surface area contributed by atoms with E-state index in [1.807, 2.05) is 48.5 Å². The molecule has 5 nitrogen and oxygen atoms in total. The second kappa shape index (κ2) is 7.97. The van der Waals surface area contributed by atoms with Gasteiger partial charge in [-0.25, -0.2) is 0 Å². The first-order valence-corrected chi connectivity index (χ1v) is 8.68. The van der Waals surface area contributed by atoms with Crippen molar-refractivity contribution in [3.8, 4) is 16.9 Å². The number of methoxy groups -OCH3 is 1. The highest BCUT2D eigenvalue weighted by atomic mass is 32.1. The molecule has 0 bridgehead atoms. The maximum Gasteiger partial charge on any atom is 0.265 e. The summed E-state index contributed by atoms with van der Waals surface area (Å²) in [6.45, 7) is 3.85. The molecule has 0 aliphatic carbocycles. The minimum absolute atomic E-state index is 0.0441. The smallest absolute Gasteiger partial charge is 0.265 e. The first-order valence-electron chi connectivity index (χ1n) is 8.27. The van der Waals surface area contributed by atoms with Crippen molar-refractivity contribution in [1.82, 2.24) is 10.2 Å². The van der Waals surface area contributed by atoms with Gasteiger partial charge in [-0.05, 0) is 47.1 Å². The van der Waals surface area contributed by atoms with Gasteiger partial charge in [-0.3, -0.25) is 19.8 Å². The van der Waals surface area contributed by atoms with Crippen molar-refractivity contribution >= 4 is 35.2 Å². The number of ether oxygens (including phenoxy) is 1. The summed E-state index contributed by atoms with van der Waals surface area (Å²) in [7, 11) is 1.63. The van der Waals surface area contributed by atoms with Crippen LogP contribution in [0.15, 0.2) is 66.8 Å².